The van der Waals surface area contributed by atoms with E-state index in [0.717, 1.165) is 36.1 Å². The topological polar surface area (TPSA) is 89.5 Å². The van der Waals surface area contributed by atoms with E-state index in [-0.39, 0.29) is 12.3 Å². The molecule has 0 saturated carbocycles. The first-order valence-corrected chi connectivity index (χ1v) is 10.8. The molecule has 4 rings (SSSR count). The Morgan fingerprint density at radius 1 is 1.24 bits per heavy atom. The Bertz CT molecular complexity index is 939. The minimum absolute atomic E-state index is 0.121. The van der Waals surface area contributed by atoms with E-state index >= 15 is 0 Å². The van der Waals surface area contributed by atoms with E-state index in [1.807, 2.05) is 0 Å². The first kappa shape index (κ1) is 20.4. The molecule has 1 aromatic heterocycles. The molecule has 1 atom stereocenters. The molecule has 1 amide bonds. The van der Waals surface area contributed by atoms with Crippen LogP contribution >= 0.6 is 23.2 Å². The molecule has 2 N–H and O–H groups in total. The summed E-state index contributed by atoms with van der Waals surface area (Å²) in [6.07, 6.45) is 3.75. The van der Waals surface area contributed by atoms with Gasteiger partial charge in [0.1, 0.15) is 10.7 Å². The molecule has 0 bridgehead atoms. The molecular weight excluding hydrogens is 415 g/mol. The zero-order chi connectivity index (χ0) is 20.5. The fourth-order valence-electron chi connectivity index (χ4n) is 4.49. The van der Waals surface area contributed by atoms with Crippen molar-refractivity contribution in [3.05, 3.63) is 27.4 Å². The molecular formula is C20H24Cl2N4O3. The Morgan fingerprint density at radius 2 is 2.00 bits per heavy atom. The number of carboxylic acid groups (broad SMARTS) is 1. The van der Waals surface area contributed by atoms with Crippen LogP contribution in [0.5, 0.6) is 0 Å². The number of carbonyl (C=O) groups is 2. The van der Waals surface area contributed by atoms with E-state index in [0.29, 0.717) is 35.2 Å². The zero-order valence-electron chi connectivity index (χ0n) is 16.1. The lowest BCUT2D eigenvalue weighted by molar-refractivity contribution is -0.144. The summed E-state index contributed by atoms with van der Waals surface area (Å²) in [6.45, 7) is 3.82. The molecule has 0 spiro atoms. The molecule has 3 heterocycles. The summed E-state index contributed by atoms with van der Waals surface area (Å²) in [6, 6.07) is 1.80. The number of benzene rings is 1. The van der Waals surface area contributed by atoms with Gasteiger partial charge in [-0.05, 0) is 49.5 Å². The van der Waals surface area contributed by atoms with Crippen LogP contribution < -0.4 is 0 Å². The summed E-state index contributed by atoms with van der Waals surface area (Å²) < 4.78 is 0. The molecule has 156 valence electrons. The maximum atomic E-state index is 13.2. The minimum atomic E-state index is -0.976. The van der Waals surface area contributed by atoms with Gasteiger partial charge in [0.05, 0.1) is 17.4 Å². The van der Waals surface area contributed by atoms with Gasteiger partial charge in [-0.1, -0.05) is 29.6 Å². The number of nitrogens with one attached hydrogen (secondary N) is 1. The third kappa shape index (κ3) is 4.22. The molecule has 1 saturated heterocycles. The van der Waals surface area contributed by atoms with Gasteiger partial charge in [-0.15, -0.1) is 0 Å². The number of piperidine rings is 1. The molecule has 1 fully saturated rings. The largest absolute Gasteiger partial charge is 0.481 e. The molecule has 2 aromatic rings. The Kier molecular flexibility index (Phi) is 5.99. The average Bonchev–Trinajstić information content (AvgIpc) is 3.03. The maximum absolute atomic E-state index is 13.2. The fraction of sp³-hybridized carbons (Fsp3) is 0.550. The second-order valence-corrected chi connectivity index (χ2v) is 8.70. The molecule has 2 aliphatic heterocycles. The van der Waals surface area contributed by atoms with Gasteiger partial charge in [0.25, 0.3) is 0 Å². The van der Waals surface area contributed by atoms with Gasteiger partial charge in [-0.2, -0.15) is 5.10 Å². The van der Waals surface area contributed by atoms with Crippen molar-refractivity contribution in [2.45, 2.75) is 38.6 Å². The number of aromatic nitrogens is 2. The summed E-state index contributed by atoms with van der Waals surface area (Å²) in [7, 11) is 0. The maximum Gasteiger partial charge on any atom is 0.304 e. The van der Waals surface area contributed by atoms with Crippen molar-refractivity contribution in [3.63, 3.8) is 0 Å². The predicted molar refractivity (Wildman–Crippen MR) is 111 cm³/mol. The smallest absolute Gasteiger partial charge is 0.304 e. The number of aromatic amines is 1. The quantitative estimate of drug-likeness (QED) is 0.746. The number of rotatable bonds is 5. The molecule has 7 nitrogen and oxygen atoms in total. The Hall–Kier alpha value is -1.83. The first-order chi connectivity index (χ1) is 13.9. The van der Waals surface area contributed by atoms with Crippen LogP contribution in [-0.2, 0) is 22.6 Å². The lowest BCUT2D eigenvalue weighted by Crippen LogP contribution is -2.42. The van der Waals surface area contributed by atoms with Gasteiger partial charge < -0.3 is 14.9 Å². The standard InChI is InChI=1S/C20H24Cl2N4O3/c21-15-9-12-8-13(10-16(27)28)20(29)26(7-6-25-4-2-1-3-5-25)11-14(12)17-18(15)23-24-19(17)22/h9,13H,1-8,10-11H2,(H,23,24)(H,27,28). The van der Waals surface area contributed by atoms with Crippen LogP contribution in [0.4, 0.5) is 0 Å². The van der Waals surface area contributed by atoms with Crippen LogP contribution in [-0.4, -0.2) is 63.2 Å². The normalized spacial score (nSPS) is 20.7. The van der Waals surface area contributed by atoms with E-state index < -0.39 is 11.9 Å². The van der Waals surface area contributed by atoms with E-state index in [4.69, 9.17) is 23.2 Å². The summed E-state index contributed by atoms with van der Waals surface area (Å²) in [5.41, 5.74) is 2.35. The summed E-state index contributed by atoms with van der Waals surface area (Å²) in [5.74, 6) is -1.71. The van der Waals surface area contributed by atoms with Crippen molar-refractivity contribution in [2.24, 2.45) is 5.92 Å². The van der Waals surface area contributed by atoms with Crippen molar-refractivity contribution in [1.82, 2.24) is 20.0 Å². The molecule has 2 aliphatic rings. The summed E-state index contributed by atoms with van der Waals surface area (Å²) >= 11 is 12.7. The molecule has 9 heteroatoms. The van der Waals surface area contributed by atoms with Gasteiger partial charge in [-0.25, -0.2) is 0 Å². The Morgan fingerprint density at radius 3 is 2.72 bits per heavy atom. The Balaban J connectivity index is 1.68. The van der Waals surface area contributed by atoms with E-state index in [1.165, 1.54) is 19.3 Å². The number of aliphatic carboxylic acids is 1. The lowest BCUT2D eigenvalue weighted by Gasteiger charge is -2.30. The van der Waals surface area contributed by atoms with Crippen molar-refractivity contribution in [2.75, 3.05) is 26.2 Å². The lowest BCUT2D eigenvalue weighted by atomic mass is 9.93. The van der Waals surface area contributed by atoms with E-state index in [2.05, 4.69) is 15.1 Å². The highest BCUT2D eigenvalue weighted by Crippen LogP contribution is 2.37. The van der Waals surface area contributed by atoms with E-state index in [9.17, 15) is 14.7 Å². The number of carboxylic acids is 1. The van der Waals surface area contributed by atoms with Crippen molar-refractivity contribution < 1.29 is 14.7 Å². The first-order valence-electron chi connectivity index (χ1n) is 10.0. The Labute approximate surface area is 178 Å². The van der Waals surface area contributed by atoms with Crippen LogP contribution in [0.1, 0.15) is 36.8 Å². The SMILES string of the molecule is O=C(O)CC1Cc2cc(Cl)c3n[nH]c(Cl)c3c2CN(CCN2CCCCC2)C1=O. The average molecular weight is 439 g/mol. The van der Waals surface area contributed by atoms with Crippen molar-refractivity contribution in [1.29, 1.82) is 0 Å². The van der Waals surface area contributed by atoms with Crippen molar-refractivity contribution >= 4 is 46.0 Å². The summed E-state index contributed by atoms with van der Waals surface area (Å²) in [5, 5.41) is 17.9. The number of nitrogens with zero attached hydrogens (tertiary/aromatic N) is 3. The number of amides is 1. The number of hydrogen-bond acceptors (Lipinski definition) is 4. The van der Waals surface area contributed by atoms with E-state index in [1.54, 1.807) is 11.0 Å². The van der Waals surface area contributed by atoms with Gasteiger partial charge in [0.2, 0.25) is 5.91 Å². The van der Waals surface area contributed by atoms with Gasteiger partial charge in [0, 0.05) is 25.0 Å². The van der Waals surface area contributed by atoms with Crippen LogP contribution in [0.15, 0.2) is 6.07 Å². The van der Waals surface area contributed by atoms with Gasteiger partial charge in [0.15, 0.2) is 0 Å². The van der Waals surface area contributed by atoms with Crippen LogP contribution in [0.3, 0.4) is 0 Å². The number of likely N-dealkylation sites (tertiary alicyclic amines) is 1. The second kappa shape index (κ2) is 8.50. The molecule has 29 heavy (non-hydrogen) atoms. The fourth-order valence-corrected chi connectivity index (χ4v) is 5.00. The monoisotopic (exact) mass is 438 g/mol. The number of fused-ring (bicyclic) bond motifs is 3. The van der Waals surface area contributed by atoms with Gasteiger partial charge in [-0.3, -0.25) is 14.7 Å². The number of hydrogen-bond donors (Lipinski definition) is 2. The number of H-pyrrole nitrogens is 1. The highest BCUT2D eigenvalue weighted by atomic mass is 35.5. The number of carbonyl (C=O) groups excluding carboxylic acids is 1. The third-order valence-corrected chi connectivity index (χ3v) is 6.53. The molecule has 1 unspecified atom stereocenters. The summed E-state index contributed by atoms with van der Waals surface area (Å²) in [4.78, 5) is 28.8. The molecule has 1 aromatic carbocycles. The van der Waals surface area contributed by atoms with Gasteiger partial charge >= 0.3 is 5.97 Å². The zero-order valence-corrected chi connectivity index (χ0v) is 17.6. The second-order valence-electron chi connectivity index (χ2n) is 7.92. The predicted octanol–water partition coefficient (Wildman–Crippen LogP) is 3.33. The molecule has 0 aliphatic carbocycles. The highest BCUT2D eigenvalue weighted by Gasteiger charge is 2.33. The highest BCUT2D eigenvalue weighted by molar-refractivity contribution is 6.39. The van der Waals surface area contributed by atoms with Crippen LogP contribution in [0.25, 0.3) is 10.9 Å². The molecule has 0 radical (unpaired) electrons. The van der Waals surface area contributed by atoms with Crippen LogP contribution in [0, 0.1) is 5.92 Å². The van der Waals surface area contributed by atoms with Crippen LogP contribution in [0.2, 0.25) is 10.2 Å². The number of halogens is 2. The third-order valence-electron chi connectivity index (χ3n) is 5.97. The minimum Gasteiger partial charge on any atom is -0.481 e. The van der Waals surface area contributed by atoms with Crippen molar-refractivity contribution in [3.8, 4) is 0 Å².